The molecule has 4 heteroatoms. The topological polar surface area (TPSA) is 46.2 Å². The molecular weight excluding hydrogens is 270 g/mol. The van der Waals surface area contributed by atoms with Gasteiger partial charge in [0.2, 0.25) is 0 Å². The minimum Gasteiger partial charge on any atom is -0.316 e. The van der Waals surface area contributed by atoms with E-state index < -0.39 is 9.84 Å². The Morgan fingerprint density at radius 1 is 1.10 bits per heavy atom. The normalized spacial score (nSPS) is 13.7. The molecule has 0 aliphatic heterocycles. The van der Waals surface area contributed by atoms with Crippen molar-refractivity contribution in [1.82, 2.24) is 5.32 Å². The van der Waals surface area contributed by atoms with E-state index in [0.717, 1.165) is 13.1 Å². The van der Waals surface area contributed by atoms with Crippen molar-refractivity contribution in [3.8, 4) is 0 Å². The van der Waals surface area contributed by atoms with Crippen molar-refractivity contribution in [2.75, 3.05) is 25.1 Å². The third kappa shape index (κ3) is 7.06. The molecule has 20 heavy (non-hydrogen) atoms. The third-order valence-electron chi connectivity index (χ3n) is 3.33. The van der Waals surface area contributed by atoms with Gasteiger partial charge in [0, 0.05) is 12.8 Å². The molecule has 0 radical (unpaired) electrons. The molecule has 0 amide bonds. The van der Waals surface area contributed by atoms with E-state index in [1.807, 2.05) is 0 Å². The maximum Gasteiger partial charge on any atom is 0.147 e. The van der Waals surface area contributed by atoms with Crippen LogP contribution in [0.3, 0.4) is 0 Å². The number of hydrogen-bond acceptors (Lipinski definition) is 3. The Morgan fingerprint density at radius 3 is 2.20 bits per heavy atom. The number of sulfone groups is 1. The Hall–Kier alpha value is -0.870. The molecule has 114 valence electrons. The largest absolute Gasteiger partial charge is 0.316 e. The molecule has 1 aromatic rings. The third-order valence-corrected chi connectivity index (χ3v) is 4.31. The standard InChI is InChI=1S/C16H27NO2S/c1-13(2)11-17-12-16(9-10-20(4,18)19)15-7-5-14(3)6-8-15/h5-8,13,16-17H,9-12H2,1-4H3. The second kappa shape index (κ2) is 7.79. The molecule has 3 nitrogen and oxygen atoms in total. The van der Waals surface area contributed by atoms with Crippen LogP contribution in [-0.4, -0.2) is 33.5 Å². The van der Waals surface area contributed by atoms with Crippen molar-refractivity contribution in [3.63, 3.8) is 0 Å². The monoisotopic (exact) mass is 297 g/mol. The Morgan fingerprint density at radius 2 is 1.70 bits per heavy atom. The minimum absolute atomic E-state index is 0.245. The van der Waals surface area contributed by atoms with E-state index in [9.17, 15) is 8.42 Å². The molecule has 0 saturated heterocycles. The zero-order valence-electron chi connectivity index (χ0n) is 13.0. The molecule has 1 atom stereocenters. The first-order chi connectivity index (χ1) is 9.28. The number of hydrogen-bond donors (Lipinski definition) is 1. The Balaban J connectivity index is 2.70. The second-order valence-electron chi connectivity index (χ2n) is 6.08. The van der Waals surface area contributed by atoms with Crippen LogP contribution in [-0.2, 0) is 9.84 Å². The summed E-state index contributed by atoms with van der Waals surface area (Å²) in [6.45, 7) is 8.19. The Labute approximate surface area is 123 Å². The zero-order valence-corrected chi connectivity index (χ0v) is 13.8. The second-order valence-corrected chi connectivity index (χ2v) is 8.34. The van der Waals surface area contributed by atoms with Crippen LogP contribution in [0.25, 0.3) is 0 Å². The van der Waals surface area contributed by atoms with Crippen LogP contribution in [0.1, 0.15) is 37.3 Å². The molecule has 1 rings (SSSR count). The van der Waals surface area contributed by atoms with Crippen LogP contribution in [0.4, 0.5) is 0 Å². The summed E-state index contributed by atoms with van der Waals surface area (Å²) < 4.78 is 22.8. The van der Waals surface area contributed by atoms with Gasteiger partial charge in [0.25, 0.3) is 0 Å². The lowest BCUT2D eigenvalue weighted by atomic mass is 9.95. The fourth-order valence-electron chi connectivity index (χ4n) is 2.13. The minimum atomic E-state index is -2.90. The van der Waals surface area contributed by atoms with Gasteiger partial charge >= 0.3 is 0 Å². The maximum absolute atomic E-state index is 11.4. The average Bonchev–Trinajstić information content (AvgIpc) is 2.33. The number of aryl methyl sites for hydroxylation is 1. The number of nitrogens with one attached hydrogen (secondary N) is 1. The van der Waals surface area contributed by atoms with Crippen molar-refractivity contribution >= 4 is 9.84 Å². The molecule has 1 unspecified atom stereocenters. The first kappa shape index (κ1) is 17.2. The van der Waals surface area contributed by atoms with Gasteiger partial charge in [0.15, 0.2) is 0 Å². The van der Waals surface area contributed by atoms with Crippen molar-refractivity contribution in [1.29, 1.82) is 0 Å². The summed E-state index contributed by atoms with van der Waals surface area (Å²) in [4.78, 5) is 0. The predicted octanol–water partition coefficient (Wildman–Crippen LogP) is 2.76. The highest BCUT2D eigenvalue weighted by molar-refractivity contribution is 7.90. The lowest BCUT2D eigenvalue weighted by Gasteiger charge is -2.19. The highest BCUT2D eigenvalue weighted by Gasteiger charge is 2.14. The van der Waals surface area contributed by atoms with Gasteiger partial charge in [-0.3, -0.25) is 0 Å². The molecule has 0 aliphatic carbocycles. The molecule has 0 spiro atoms. The Bertz CT molecular complexity index is 492. The van der Waals surface area contributed by atoms with Crippen molar-refractivity contribution in [2.24, 2.45) is 5.92 Å². The average molecular weight is 297 g/mol. The van der Waals surface area contributed by atoms with Crippen molar-refractivity contribution < 1.29 is 8.42 Å². The van der Waals surface area contributed by atoms with E-state index in [1.165, 1.54) is 17.4 Å². The summed E-state index contributed by atoms with van der Waals surface area (Å²) in [7, 11) is -2.90. The van der Waals surface area contributed by atoms with Gasteiger partial charge in [-0.15, -0.1) is 0 Å². The van der Waals surface area contributed by atoms with Crippen LogP contribution < -0.4 is 5.32 Å². The summed E-state index contributed by atoms with van der Waals surface area (Å²) >= 11 is 0. The van der Waals surface area contributed by atoms with E-state index in [-0.39, 0.29) is 11.7 Å². The van der Waals surface area contributed by atoms with E-state index in [1.54, 1.807) is 0 Å². The zero-order chi connectivity index (χ0) is 15.2. The van der Waals surface area contributed by atoms with Crippen molar-refractivity contribution in [2.45, 2.75) is 33.1 Å². The van der Waals surface area contributed by atoms with E-state index in [0.29, 0.717) is 12.3 Å². The van der Waals surface area contributed by atoms with Crippen LogP contribution >= 0.6 is 0 Å². The van der Waals surface area contributed by atoms with Crippen LogP contribution in [0.2, 0.25) is 0 Å². The lowest BCUT2D eigenvalue weighted by Crippen LogP contribution is -2.26. The maximum atomic E-state index is 11.4. The SMILES string of the molecule is Cc1ccc(C(CCS(C)(=O)=O)CNCC(C)C)cc1. The molecule has 0 fully saturated rings. The summed E-state index contributed by atoms with van der Waals surface area (Å²) in [5.41, 5.74) is 2.45. The number of rotatable bonds is 8. The summed E-state index contributed by atoms with van der Waals surface area (Å²) in [6.07, 6.45) is 1.98. The fourth-order valence-corrected chi connectivity index (χ4v) is 2.84. The highest BCUT2D eigenvalue weighted by atomic mass is 32.2. The van der Waals surface area contributed by atoms with Gasteiger partial charge in [-0.2, -0.15) is 0 Å². The van der Waals surface area contributed by atoms with Crippen LogP contribution in [0.15, 0.2) is 24.3 Å². The van der Waals surface area contributed by atoms with E-state index >= 15 is 0 Å². The van der Waals surface area contributed by atoms with E-state index in [4.69, 9.17) is 0 Å². The molecule has 0 bridgehead atoms. The summed E-state index contributed by atoms with van der Waals surface area (Å²) in [6, 6.07) is 8.40. The van der Waals surface area contributed by atoms with Gasteiger partial charge < -0.3 is 5.32 Å². The van der Waals surface area contributed by atoms with Crippen LogP contribution in [0, 0.1) is 12.8 Å². The number of benzene rings is 1. The van der Waals surface area contributed by atoms with Crippen molar-refractivity contribution in [3.05, 3.63) is 35.4 Å². The molecular formula is C16H27NO2S. The first-order valence-corrected chi connectivity index (χ1v) is 9.29. The predicted molar refractivity (Wildman–Crippen MR) is 86.0 cm³/mol. The van der Waals surface area contributed by atoms with Gasteiger partial charge in [-0.25, -0.2) is 8.42 Å². The summed E-state index contributed by atoms with van der Waals surface area (Å²) in [5, 5.41) is 3.44. The highest BCUT2D eigenvalue weighted by Crippen LogP contribution is 2.20. The lowest BCUT2D eigenvalue weighted by molar-refractivity contribution is 0.507. The smallest absolute Gasteiger partial charge is 0.147 e. The molecule has 0 saturated carbocycles. The van der Waals surface area contributed by atoms with Gasteiger partial charge in [0.1, 0.15) is 9.84 Å². The first-order valence-electron chi connectivity index (χ1n) is 7.23. The van der Waals surface area contributed by atoms with Gasteiger partial charge in [0.05, 0.1) is 5.75 Å². The molecule has 1 N–H and O–H groups in total. The summed E-state index contributed by atoms with van der Waals surface area (Å²) in [5.74, 6) is 1.10. The van der Waals surface area contributed by atoms with Crippen LogP contribution in [0.5, 0.6) is 0 Å². The van der Waals surface area contributed by atoms with E-state index in [2.05, 4.69) is 50.4 Å². The Kier molecular flexibility index (Phi) is 6.69. The molecule has 0 heterocycles. The van der Waals surface area contributed by atoms with Gasteiger partial charge in [-0.05, 0) is 37.3 Å². The molecule has 0 aromatic heterocycles. The molecule has 1 aromatic carbocycles. The van der Waals surface area contributed by atoms with Gasteiger partial charge in [-0.1, -0.05) is 43.7 Å². The fraction of sp³-hybridized carbons (Fsp3) is 0.625. The quantitative estimate of drug-likeness (QED) is 0.802. The molecule has 0 aliphatic rings.